The van der Waals surface area contributed by atoms with Crippen molar-refractivity contribution in [2.45, 2.75) is 18.9 Å². The van der Waals surface area contributed by atoms with Crippen molar-refractivity contribution in [1.29, 1.82) is 0 Å². The monoisotopic (exact) mass is 201 g/mol. The number of nitrogens with one attached hydrogen (secondary N) is 1. The SMILES string of the molecule is COCCNC1CCN(CCN)CC1. The van der Waals surface area contributed by atoms with Crippen LogP contribution in [0.15, 0.2) is 0 Å². The van der Waals surface area contributed by atoms with Gasteiger partial charge in [0.05, 0.1) is 6.61 Å². The number of methoxy groups -OCH3 is 1. The van der Waals surface area contributed by atoms with Gasteiger partial charge in [0.25, 0.3) is 0 Å². The van der Waals surface area contributed by atoms with E-state index in [4.69, 9.17) is 10.5 Å². The largest absolute Gasteiger partial charge is 0.383 e. The average molecular weight is 201 g/mol. The second-order valence-electron chi connectivity index (χ2n) is 3.85. The molecule has 1 heterocycles. The molecule has 0 aromatic rings. The van der Waals surface area contributed by atoms with Crippen LogP contribution in [0.4, 0.5) is 0 Å². The Kier molecular flexibility index (Phi) is 6.10. The zero-order chi connectivity index (χ0) is 10.2. The molecule has 1 aliphatic rings. The van der Waals surface area contributed by atoms with Crippen LogP contribution in [-0.4, -0.2) is 57.4 Å². The molecule has 1 aliphatic heterocycles. The molecule has 0 aromatic heterocycles. The van der Waals surface area contributed by atoms with Crippen molar-refractivity contribution in [2.75, 3.05) is 46.4 Å². The summed E-state index contributed by atoms with van der Waals surface area (Å²) in [5.41, 5.74) is 5.52. The number of ether oxygens (including phenoxy) is 1. The lowest BCUT2D eigenvalue weighted by molar-refractivity contribution is 0.174. The number of rotatable bonds is 6. The van der Waals surface area contributed by atoms with Gasteiger partial charge in [0.2, 0.25) is 0 Å². The standard InChI is InChI=1S/C10H23N3O/c1-14-9-5-12-10-2-6-13(7-3-10)8-4-11/h10,12H,2-9,11H2,1H3. The van der Waals surface area contributed by atoms with Crippen molar-refractivity contribution in [3.8, 4) is 0 Å². The van der Waals surface area contributed by atoms with Crippen LogP contribution in [-0.2, 0) is 4.74 Å². The summed E-state index contributed by atoms with van der Waals surface area (Å²) in [6.07, 6.45) is 2.48. The first-order chi connectivity index (χ1) is 6.86. The molecule has 0 amide bonds. The van der Waals surface area contributed by atoms with Gasteiger partial charge in [-0.3, -0.25) is 0 Å². The van der Waals surface area contributed by atoms with Crippen LogP contribution in [0, 0.1) is 0 Å². The first kappa shape index (κ1) is 11.9. The summed E-state index contributed by atoms with van der Waals surface area (Å²) in [6.45, 7) is 5.97. The number of nitrogens with two attached hydrogens (primary N) is 1. The molecule has 0 radical (unpaired) electrons. The Morgan fingerprint density at radius 3 is 2.71 bits per heavy atom. The zero-order valence-electron chi connectivity index (χ0n) is 9.17. The summed E-state index contributed by atoms with van der Waals surface area (Å²) in [7, 11) is 1.74. The summed E-state index contributed by atoms with van der Waals surface area (Å²) in [6, 6.07) is 0.680. The maximum Gasteiger partial charge on any atom is 0.0587 e. The molecule has 0 aromatic carbocycles. The average Bonchev–Trinajstić information content (AvgIpc) is 2.21. The van der Waals surface area contributed by atoms with Gasteiger partial charge in [0.15, 0.2) is 0 Å². The molecule has 1 fully saturated rings. The fraction of sp³-hybridized carbons (Fsp3) is 1.00. The van der Waals surface area contributed by atoms with E-state index in [1.54, 1.807) is 7.11 Å². The molecule has 4 nitrogen and oxygen atoms in total. The molecule has 1 rings (SSSR count). The van der Waals surface area contributed by atoms with Crippen LogP contribution in [0.25, 0.3) is 0 Å². The highest BCUT2D eigenvalue weighted by Gasteiger charge is 2.17. The molecule has 0 atom stereocenters. The van der Waals surface area contributed by atoms with Crippen LogP contribution in [0.2, 0.25) is 0 Å². The molecule has 0 spiro atoms. The fourth-order valence-electron chi connectivity index (χ4n) is 1.91. The highest BCUT2D eigenvalue weighted by Crippen LogP contribution is 2.08. The van der Waals surface area contributed by atoms with Gasteiger partial charge in [0.1, 0.15) is 0 Å². The second-order valence-corrected chi connectivity index (χ2v) is 3.85. The molecule has 1 saturated heterocycles. The minimum Gasteiger partial charge on any atom is -0.383 e. The van der Waals surface area contributed by atoms with Crippen molar-refractivity contribution >= 4 is 0 Å². The number of likely N-dealkylation sites (tertiary alicyclic amines) is 1. The Morgan fingerprint density at radius 2 is 2.14 bits per heavy atom. The minimum absolute atomic E-state index is 0.680. The van der Waals surface area contributed by atoms with Crippen molar-refractivity contribution in [2.24, 2.45) is 5.73 Å². The van der Waals surface area contributed by atoms with Gasteiger partial charge < -0.3 is 20.7 Å². The Hall–Kier alpha value is -0.160. The molecule has 3 N–H and O–H groups in total. The smallest absolute Gasteiger partial charge is 0.0587 e. The Morgan fingerprint density at radius 1 is 1.43 bits per heavy atom. The van der Waals surface area contributed by atoms with Gasteiger partial charge >= 0.3 is 0 Å². The van der Waals surface area contributed by atoms with E-state index in [1.807, 2.05) is 0 Å². The van der Waals surface area contributed by atoms with Crippen molar-refractivity contribution in [3.05, 3.63) is 0 Å². The molecule has 0 aliphatic carbocycles. The number of nitrogens with zero attached hydrogens (tertiary/aromatic N) is 1. The molecule has 0 saturated carbocycles. The Balaban J connectivity index is 2.03. The van der Waals surface area contributed by atoms with E-state index in [0.29, 0.717) is 6.04 Å². The van der Waals surface area contributed by atoms with Crippen LogP contribution >= 0.6 is 0 Å². The first-order valence-corrected chi connectivity index (χ1v) is 5.51. The molecule has 0 bridgehead atoms. The second kappa shape index (κ2) is 7.17. The Bertz CT molecular complexity index is 135. The topological polar surface area (TPSA) is 50.5 Å². The molecule has 84 valence electrons. The molecular weight excluding hydrogens is 178 g/mol. The number of hydrogen-bond donors (Lipinski definition) is 2. The third kappa shape index (κ3) is 4.37. The summed E-state index contributed by atoms with van der Waals surface area (Å²) >= 11 is 0. The van der Waals surface area contributed by atoms with E-state index in [9.17, 15) is 0 Å². The predicted octanol–water partition coefficient (Wildman–Crippen LogP) is -0.354. The van der Waals surface area contributed by atoms with Gasteiger partial charge in [-0.05, 0) is 25.9 Å². The summed E-state index contributed by atoms with van der Waals surface area (Å²) in [4.78, 5) is 2.44. The zero-order valence-corrected chi connectivity index (χ0v) is 9.17. The Labute approximate surface area is 86.8 Å². The van der Waals surface area contributed by atoms with Gasteiger partial charge in [-0.2, -0.15) is 0 Å². The summed E-state index contributed by atoms with van der Waals surface area (Å²) in [5.74, 6) is 0. The third-order valence-electron chi connectivity index (χ3n) is 2.77. The van der Waals surface area contributed by atoms with E-state index in [1.165, 1.54) is 25.9 Å². The lowest BCUT2D eigenvalue weighted by Crippen LogP contribution is -2.44. The fourth-order valence-corrected chi connectivity index (χ4v) is 1.91. The van der Waals surface area contributed by atoms with Gasteiger partial charge in [-0.15, -0.1) is 0 Å². The van der Waals surface area contributed by atoms with E-state index in [2.05, 4.69) is 10.2 Å². The summed E-state index contributed by atoms with van der Waals surface area (Å²) < 4.78 is 5.00. The van der Waals surface area contributed by atoms with Crippen LogP contribution in [0.1, 0.15) is 12.8 Å². The van der Waals surface area contributed by atoms with Gasteiger partial charge in [-0.1, -0.05) is 0 Å². The minimum atomic E-state index is 0.680. The van der Waals surface area contributed by atoms with Crippen LogP contribution in [0.5, 0.6) is 0 Å². The number of hydrogen-bond acceptors (Lipinski definition) is 4. The molecular formula is C10H23N3O. The summed E-state index contributed by atoms with van der Waals surface area (Å²) in [5, 5.41) is 3.50. The molecule has 0 unspecified atom stereocenters. The highest BCUT2D eigenvalue weighted by molar-refractivity contribution is 4.76. The third-order valence-corrected chi connectivity index (χ3v) is 2.77. The maximum atomic E-state index is 5.52. The lowest BCUT2D eigenvalue weighted by atomic mass is 10.1. The van der Waals surface area contributed by atoms with E-state index in [-0.39, 0.29) is 0 Å². The van der Waals surface area contributed by atoms with Crippen molar-refractivity contribution < 1.29 is 4.74 Å². The quantitative estimate of drug-likeness (QED) is 0.577. The van der Waals surface area contributed by atoms with Gasteiger partial charge in [-0.25, -0.2) is 0 Å². The van der Waals surface area contributed by atoms with Crippen molar-refractivity contribution in [3.63, 3.8) is 0 Å². The van der Waals surface area contributed by atoms with Crippen LogP contribution < -0.4 is 11.1 Å². The van der Waals surface area contributed by atoms with E-state index >= 15 is 0 Å². The maximum absolute atomic E-state index is 5.52. The van der Waals surface area contributed by atoms with E-state index < -0.39 is 0 Å². The van der Waals surface area contributed by atoms with E-state index in [0.717, 1.165) is 26.2 Å². The molecule has 4 heteroatoms. The molecule has 14 heavy (non-hydrogen) atoms. The number of piperidine rings is 1. The van der Waals surface area contributed by atoms with Gasteiger partial charge in [0, 0.05) is 32.8 Å². The predicted molar refractivity (Wildman–Crippen MR) is 58.4 cm³/mol. The normalized spacial score (nSPS) is 20.1. The highest BCUT2D eigenvalue weighted by atomic mass is 16.5. The first-order valence-electron chi connectivity index (χ1n) is 5.51. The lowest BCUT2D eigenvalue weighted by Gasteiger charge is -2.32. The van der Waals surface area contributed by atoms with Crippen molar-refractivity contribution in [1.82, 2.24) is 10.2 Å². The van der Waals surface area contributed by atoms with Crippen LogP contribution in [0.3, 0.4) is 0 Å².